The first-order valence-corrected chi connectivity index (χ1v) is 9.54. The summed E-state index contributed by atoms with van der Waals surface area (Å²) in [6.45, 7) is 2.34. The molecule has 2 aromatic carbocycles. The van der Waals surface area contributed by atoms with Crippen LogP contribution in [0.1, 0.15) is 32.6 Å². The van der Waals surface area contributed by atoms with E-state index < -0.39 is 0 Å². The number of esters is 1. The second kappa shape index (κ2) is 7.43. The molecule has 0 radical (unpaired) electrons. The lowest BCUT2D eigenvalue weighted by Crippen LogP contribution is -2.26. The number of aromatic hydroxyl groups is 1. The largest absolute Gasteiger partial charge is 0.508 e. The van der Waals surface area contributed by atoms with Crippen molar-refractivity contribution in [1.29, 1.82) is 0 Å². The van der Waals surface area contributed by atoms with E-state index in [1.807, 2.05) is 28.8 Å². The Bertz CT molecular complexity index is 946. The van der Waals surface area contributed by atoms with Gasteiger partial charge in [-0.25, -0.2) is 4.98 Å². The third-order valence-electron chi connectivity index (χ3n) is 5.25. The highest BCUT2D eigenvalue weighted by Crippen LogP contribution is 2.28. The maximum absolute atomic E-state index is 12.7. The van der Waals surface area contributed by atoms with Crippen molar-refractivity contribution in [2.45, 2.75) is 45.3 Å². The second-order valence-corrected chi connectivity index (χ2v) is 7.44. The number of carbonyl (C=O) groups excluding carboxylic acids is 1. The van der Waals surface area contributed by atoms with Crippen LogP contribution < -0.4 is 0 Å². The summed E-state index contributed by atoms with van der Waals surface area (Å²) in [4.78, 5) is 17.4. The van der Waals surface area contributed by atoms with Crippen molar-refractivity contribution in [3.63, 3.8) is 0 Å². The number of rotatable bonds is 4. The fraction of sp³-hybridized carbons (Fsp3) is 0.364. The van der Waals surface area contributed by atoms with Gasteiger partial charge in [0.1, 0.15) is 24.2 Å². The maximum atomic E-state index is 12.7. The first-order valence-electron chi connectivity index (χ1n) is 9.54. The van der Waals surface area contributed by atoms with E-state index in [2.05, 4.69) is 6.92 Å². The van der Waals surface area contributed by atoms with Crippen molar-refractivity contribution in [2.24, 2.45) is 5.92 Å². The Hall–Kier alpha value is -2.82. The van der Waals surface area contributed by atoms with Gasteiger partial charge in [0.05, 0.1) is 11.0 Å². The molecular formula is C22H24N2O3. The van der Waals surface area contributed by atoms with Crippen LogP contribution in [-0.4, -0.2) is 26.7 Å². The molecule has 4 rings (SSSR count). The van der Waals surface area contributed by atoms with Gasteiger partial charge in [-0.3, -0.25) is 4.79 Å². The Labute approximate surface area is 158 Å². The third-order valence-corrected chi connectivity index (χ3v) is 5.25. The molecule has 27 heavy (non-hydrogen) atoms. The monoisotopic (exact) mass is 364 g/mol. The van der Waals surface area contributed by atoms with Gasteiger partial charge in [0.2, 0.25) is 0 Å². The van der Waals surface area contributed by atoms with Gasteiger partial charge in [-0.2, -0.15) is 0 Å². The molecular weight excluding hydrogens is 340 g/mol. The molecule has 1 aromatic heterocycles. The van der Waals surface area contributed by atoms with Crippen LogP contribution in [0.5, 0.6) is 5.75 Å². The number of carbonyl (C=O) groups is 1. The Kier molecular flexibility index (Phi) is 4.84. The predicted molar refractivity (Wildman–Crippen MR) is 104 cm³/mol. The molecule has 1 N–H and O–H groups in total. The van der Waals surface area contributed by atoms with Crippen LogP contribution in [-0.2, 0) is 16.1 Å². The van der Waals surface area contributed by atoms with Crippen molar-refractivity contribution in [2.75, 3.05) is 0 Å². The number of phenolic OH excluding ortho intramolecular Hbond substituents is 1. The van der Waals surface area contributed by atoms with E-state index in [4.69, 9.17) is 9.72 Å². The van der Waals surface area contributed by atoms with Crippen molar-refractivity contribution in [1.82, 2.24) is 9.55 Å². The smallest absolute Gasteiger partial charge is 0.326 e. The lowest BCUT2D eigenvalue weighted by Gasteiger charge is -2.26. The van der Waals surface area contributed by atoms with Crippen LogP contribution in [0.15, 0.2) is 48.5 Å². The highest BCUT2D eigenvalue weighted by atomic mass is 16.5. The zero-order valence-corrected chi connectivity index (χ0v) is 15.5. The molecule has 1 aliphatic rings. The van der Waals surface area contributed by atoms with Gasteiger partial charge in [-0.15, -0.1) is 0 Å². The third kappa shape index (κ3) is 3.82. The molecule has 0 aliphatic heterocycles. The lowest BCUT2D eigenvalue weighted by atomic mass is 9.89. The Morgan fingerprint density at radius 3 is 2.74 bits per heavy atom. The van der Waals surface area contributed by atoms with Gasteiger partial charge in [0.25, 0.3) is 0 Å². The van der Waals surface area contributed by atoms with E-state index in [1.54, 1.807) is 24.3 Å². The first-order chi connectivity index (χ1) is 13.1. The van der Waals surface area contributed by atoms with E-state index in [1.165, 1.54) is 6.42 Å². The number of fused-ring (bicyclic) bond motifs is 1. The molecule has 0 spiro atoms. The number of benzene rings is 2. The van der Waals surface area contributed by atoms with E-state index >= 15 is 0 Å². The van der Waals surface area contributed by atoms with Crippen molar-refractivity contribution in [3.8, 4) is 17.1 Å². The lowest BCUT2D eigenvalue weighted by molar-refractivity contribution is -0.151. The van der Waals surface area contributed by atoms with E-state index in [0.29, 0.717) is 11.7 Å². The number of aromatic nitrogens is 2. The molecule has 2 atom stereocenters. The van der Waals surface area contributed by atoms with Crippen molar-refractivity contribution < 1.29 is 14.6 Å². The standard InChI is InChI=1S/C22H24N2O3/c1-15-5-4-6-18(13-15)27-21(26)14-24-20-8-3-2-7-19(20)23-22(24)16-9-11-17(25)12-10-16/h2-3,7-12,15,18,25H,4-6,13-14H2,1H3/t15-,18+/m1/s1. The first kappa shape index (κ1) is 17.6. The summed E-state index contributed by atoms with van der Waals surface area (Å²) < 4.78 is 7.67. The van der Waals surface area contributed by atoms with E-state index in [-0.39, 0.29) is 24.4 Å². The minimum Gasteiger partial charge on any atom is -0.508 e. The number of nitrogens with zero attached hydrogens (tertiary/aromatic N) is 2. The molecule has 1 aliphatic carbocycles. The minimum atomic E-state index is -0.225. The van der Waals surface area contributed by atoms with Gasteiger partial charge in [-0.05, 0) is 61.6 Å². The minimum absolute atomic E-state index is 0.0214. The predicted octanol–water partition coefficient (Wildman–Crippen LogP) is 4.53. The normalized spacial score (nSPS) is 19.9. The number of imidazole rings is 1. The van der Waals surface area contributed by atoms with Gasteiger partial charge < -0.3 is 14.4 Å². The van der Waals surface area contributed by atoms with Crippen LogP contribution in [0.25, 0.3) is 22.4 Å². The number of ether oxygens (including phenoxy) is 1. The van der Waals surface area contributed by atoms with Crippen LogP contribution in [0.2, 0.25) is 0 Å². The summed E-state index contributed by atoms with van der Waals surface area (Å²) in [5.74, 6) is 1.29. The molecule has 1 saturated carbocycles. The van der Waals surface area contributed by atoms with Gasteiger partial charge in [0.15, 0.2) is 0 Å². The topological polar surface area (TPSA) is 64.3 Å². The zero-order valence-electron chi connectivity index (χ0n) is 15.5. The number of hydrogen-bond donors (Lipinski definition) is 1. The molecule has 0 amide bonds. The zero-order chi connectivity index (χ0) is 18.8. The van der Waals surface area contributed by atoms with Crippen LogP contribution in [0.4, 0.5) is 0 Å². The van der Waals surface area contributed by atoms with Gasteiger partial charge in [0, 0.05) is 5.56 Å². The molecule has 1 fully saturated rings. The molecule has 5 heteroatoms. The van der Waals surface area contributed by atoms with Crippen LogP contribution in [0.3, 0.4) is 0 Å². The molecule has 3 aromatic rings. The Balaban J connectivity index is 1.62. The summed E-state index contributed by atoms with van der Waals surface area (Å²) in [7, 11) is 0. The molecule has 0 bridgehead atoms. The van der Waals surface area contributed by atoms with Gasteiger partial charge >= 0.3 is 5.97 Å². The highest BCUT2D eigenvalue weighted by Gasteiger charge is 2.23. The van der Waals surface area contributed by atoms with E-state index in [9.17, 15) is 9.90 Å². The average Bonchev–Trinajstić information content (AvgIpc) is 3.01. The van der Waals surface area contributed by atoms with Crippen LogP contribution >= 0.6 is 0 Å². The number of phenols is 1. The highest BCUT2D eigenvalue weighted by molar-refractivity contribution is 5.83. The quantitative estimate of drug-likeness (QED) is 0.691. The summed E-state index contributed by atoms with van der Waals surface area (Å²) in [5, 5.41) is 9.56. The summed E-state index contributed by atoms with van der Waals surface area (Å²) >= 11 is 0. The maximum Gasteiger partial charge on any atom is 0.326 e. The Morgan fingerprint density at radius 1 is 1.19 bits per heavy atom. The van der Waals surface area contributed by atoms with Gasteiger partial charge in [-0.1, -0.05) is 25.5 Å². The molecule has 1 heterocycles. The number of para-hydroxylation sites is 2. The molecule has 140 valence electrons. The van der Waals surface area contributed by atoms with Crippen molar-refractivity contribution >= 4 is 17.0 Å². The van der Waals surface area contributed by atoms with E-state index in [0.717, 1.165) is 35.9 Å². The number of hydrogen-bond acceptors (Lipinski definition) is 4. The summed E-state index contributed by atoms with van der Waals surface area (Å²) in [6.07, 6.45) is 4.25. The van der Waals surface area contributed by atoms with Crippen LogP contribution in [0, 0.1) is 5.92 Å². The fourth-order valence-electron chi connectivity index (χ4n) is 3.90. The average molecular weight is 364 g/mol. The second-order valence-electron chi connectivity index (χ2n) is 7.44. The summed E-state index contributed by atoms with van der Waals surface area (Å²) in [5.41, 5.74) is 2.58. The van der Waals surface area contributed by atoms with Crippen molar-refractivity contribution in [3.05, 3.63) is 48.5 Å². The molecule has 0 saturated heterocycles. The SMILES string of the molecule is C[C@@H]1CCC[C@H](OC(=O)Cn2c(-c3ccc(O)cc3)nc3ccccc32)C1. The molecule has 5 nitrogen and oxygen atoms in total. The summed E-state index contributed by atoms with van der Waals surface area (Å²) in [6, 6.07) is 14.6. The molecule has 0 unspecified atom stereocenters. The fourth-order valence-corrected chi connectivity index (χ4v) is 3.90. The Morgan fingerprint density at radius 2 is 1.96 bits per heavy atom.